The molecule has 0 aliphatic heterocycles. The molecule has 0 atom stereocenters. The number of benzene rings is 7. The zero-order chi connectivity index (χ0) is 35.1. The Hall–Kier alpha value is -6.58. The average molecular weight is 676 g/mol. The molecule has 0 unspecified atom stereocenters. The fourth-order valence-electron chi connectivity index (χ4n) is 10.3. The van der Waals surface area contributed by atoms with E-state index in [1.165, 1.54) is 72.3 Å². The van der Waals surface area contributed by atoms with Crippen LogP contribution in [0, 0.1) is 0 Å². The summed E-state index contributed by atoms with van der Waals surface area (Å²) in [5.74, 6) is 0.686. The molecule has 0 fully saturated rings. The number of aromatic nitrogens is 3. The Morgan fingerprint density at radius 1 is 0.453 bits per heavy atom. The Balaban J connectivity index is 1.18. The van der Waals surface area contributed by atoms with Crippen molar-refractivity contribution in [1.82, 2.24) is 14.5 Å². The summed E-state index contributed by atoms with van der Waals surface area (Å²) in [6.07, 6.45) is 0. The van der Waals surface area contributed by atoms with E-state index in [9.17, 15) is 0 Å². The normalized spacial score (nSPS) is 14.9. The first-order valence-electron chi connectivity index (χ1n) is 18.5. The molecule has 3 aliphatic carbocycles. The molecular weight excluding hydrogens is 643 g/mol. The molecule has 0 saturated heterocycles. The smallest absolute Gasteiger partial charge is 0.235 e. The van der Waals surface area contributed by atoms with Crippen LogP contribution in [0.5, 0.6) is 0 Å². The first-order valence-corrected chi connectivity index (χ1v) is 18.5. The van der Waals surface area contributed by atoms with Crippen molar-refractivity contribution in [3.63, 3.8) is 0 Å². The predicted molar refractivity (Wildman–Crippen MR) is 216 cm³/mol. The molecule has 9 aromatic rings. The maximum absolute atomic E-state index is 5.59. The van der Waals surface area contributed by atoms with E-state index < -0.39 is 5.41 Å². The van der Waals surface area contributed by atoms with Crippen molar-refractivity contribution in [2.45, 2.75) is 24.7 Å². The fourth-order valence-corrected chi connectivity index (χ4v) is 10.3. The minimum absolute atomic E-state index is 0.114. The van der Waals surface area contributed by atoms with Gasteiger partial charge in [-0.15, -0.1) is 0 Å². The van der Waals surface area contributed by atoms with E-state index >= 15 is 0 Å². The molecule has 0 radical (unpaired) electrons. The Morgan fingerprint density at radius 2 is 0.981 bits per heavy atom. The summed E-state index contributed by atoms with van der Waals surface area (Å²) in [5.41, 5.74) is 19.1. The minimum Gasteiger partial charge on any atom is -0.278 e. The molecule has 2 aromatic heterocycles. The zero-order valence-electron chi connectivity index (χ0n) is 29.4. The fraction of sp³-hybridized carbons (Fsp3) is 0.0800. The summed E-state index contributed by atoms with van der Waals surface area (Å²) in [4.78, 5) is 11.0. The Morgan fingerprint density at radius 3 is 1.70 bits per heavy atom. The number of fused-ring (bicyclic) bond motifs is 16. The van der Waals surface area contributed by atoms with E-state index in [0.717, 1.165) is 27.7 Å². The molecular formula is C50H33N3. The molecule has 248 valence electrons. The maximum atomic E-state index is 5.59. The van der Waals surface area contributed by atoms with Crippen molar-refractivity contribution < 1.29 is 0 Å². The quantitative estimate of drug-likeness (QED) is 0.183. The van der Waals surface area contributed by atoms with E-state index in [1.54, 1.807) is 0 Å². The van der Waals surface area contributed by atoms with Crippen LogP contribution in [0.1, 0.15) is 47.2 Å². The molecule has 7 aromatic carbocycles. The molecule has 3 aliphatic rings. The van der Waals surface area contributed by atoms with Crippen LogP contribution in [0.25, 0.3) is 72.5 Å². The summed E-state index contributed by atoms with van der Waals surface area (Å²) in [6.45, 7) is 4.68. The summed E-state index contributed by atoms with van der Waals surface area (Å²) < 4.78 is 2.35. The first-order chi connectivity index (χ1) is 26.1. The van der Waals surface area contributed by atoms with Gasteiger partial charge >= 0.3 is 0 Å². The van der Waals surface area contributed by atoms with Crippen LogP contribution in [0.4, 0.5) is 0 Å². The van der Waals surface area contributed by atoms with Crippen LogP contribution in [0.3, 0.4) is 0 Å². The van der Waals surface area contributed by atoms with Gasteiger partial charge in [-0.05, 0) is 68.3 Å². The van der Waals surface area contributed by atoms with E-state index in [-0.39, 0.29) is 5.41 Å². The van der Waals surface area contributed by atoms with Crippen LogP contribution in [0.2, 0.25) is 0 Å². The largest absolute Gasteiger partial charge is 0.278 e. The maximum Gasteiger partial charge on any atom is 0.235 e. The summed E-state index contributed by atoms with van der Waals surface area (Å²) in [7, 11) is 0. The third-order valence-corrected chi connectivity index (χ3v) is 12.4. The van der Waals surface area contributed by atoms with E-state index in [4.69, 9.17) is 9.97 Å². The number of nitrogens with zero attached hydrogens (tertiary/aromatic N) is 3. The van der Waals surface area contributed by atoms with E-state index in [2.05, 4.69) is 182 Å². The van der Waals surface area contributed by atoms with E-state index in [1.807, 2.05) is 0 Å². The number of para-hydroxylation sites is 2. The Kier molecular flexibility index (Phi) is 5.51. The predicted octanol–water partition coefficient (Wildman–Crippen LogP) is 11.9. The molecule has 3 heteroatoms. The SMILES string of the molecule is CC1(C)c2ccccc2-c2ccc(-c3nc(-n4c5c(c6ccccc64)C4(c6ccccc6-c6ccccc64)c4ccccc4-5)nc4ccccc34)cc21. The Labute approximate surface area is 307 Å². The highest BCUT2D eigenvalue weighted by Crippen LogP contribution is 2.65. The summed E-state index contributed by atoms with van der Waals surface area (Å²) >= 11 is 0. The molecule has 3 nitrogen and oxygen atoms in total. The molecule has 0 saturated carbocycles. The van der Waals surface area contributed by atoms with Crippen LogP contribution < -0.4 is 0 Å². The van der Waals surface area contributed by atoms with Gasteiger partial charge in [0.05, 0.1) is 27.8 Å². The van der Waals surface area contributed by atoms with Crippen molar-refractivity contribution in [2.24, 2.45) is 0 Å². The summed E-state index contributed by atoms with van der Waals surface area (Å²) in [5, 5.41) is 2.27. The molecule has 53 heavy (non-hydrogen) atoms. The van der Waals surface area contributed by atoms with Crippen LogP contribution in [0.15, 0.2) is 164 Å². The Bertz CT molecular complexity index is 3010. The molecule has 2 heterocycles. The molecule has 12 rings (SSSR count). The van der Waals surface area contributed by atoms with Gasteiger partial charge in [0.1, 0.15) is 0 Å². The lowest BCUT2D eigenvalue weighted by molar-refractivity contribution is 0.660. The van der Waals surface area contributed by atoms with Gasteiger partial charge in [0, 0.05) is 32.9 Å². The second kappa shape index (κ2) is 10.1. The van der Waals surface area contributed by atoms with Crippen LogP contribution in [-0.4, -0.2) is 14.5 Å². The highest BCUT2D eigenvalue weighted by Gasteiger charge is 2.54. The molecule has 0 N–H and O–H groups in total. The number of rotatable bonds is 2. The van der Waals surface area contributed by atoms with Crippen molar-refractivity contribution in [3.05, 3.63) is 197 Å². The van der Waals surface area contributed by atoms with Crippen molar-refractivity contribution >= 4 is 21.8 Å². The topological polar surface area (TPSA) is 30.7 Å². The summed E-state index contributed by atoms with van der Waals surface area (Å²) in [6, 6.07) is 60.1. The van der Waals surface area contributed by atoms with Gasteiger partial charge in [0.15, 0.2) is 0 Å². The standard InChI is InChI=1S/C50H33N3/c1-49(2)38-21-9-3-15-31(38)34-28-27-30(29-42(34)49)46-36-19-7-13-25-43(36)51-48(52-46)53-44-26-14-8-20-37(44)45-47(53)35-18-6-12-24-41(35)50(45)39-22-10-4-16-32(39)33-17-5-11-23-40(33)50/h3-29H,1-2H3. The van der Waals surface area contributed by atoms with Gasteiger partial charge in [0.2, 0.25) is 5.95 Å². The minimum atomic E-state index is -0.468. The molecule has 1 spiro atoms. The van der Waals surface area contributed by atoms with Gasteiger partial charge in [-0.1, -0.05) is 159 Å². The van der Waals surface area contributed by atoms with Crippen molar-refractivity contribution in [2.75, 3.05) is 0 Å². The third-order valence-electron chi connectivity index (χ3n) is 12.4. The molecule has 0 bridgehead atoms. The number of hydrogen-bond acceptors (Lipinski definition) is 2. The highest BCUT2D eigenvalue weighted by atomic mass is 15.2. The average Bonchev–Trinajstić information content (AvgIpc) is 3.88. The van der Waals surface area contributed by atoms with Crippen LogP contribution >= 0.6 is 0 Å². The van der Waals surface area contributed by atoms with E-state index in [0.29, 0.717) is 5.95 Å². The van der Waals surface area contributed by atoms with Gasteiger partial charge in [0.25, 0.3) is 0 Å². The molecule has 0 amide bonds. The van der Waals surface area contributed by atoms with Gasteiger partial charge in [-0.25, -0.2) is 9.97 Å². The lowest BCUT2D eigenvalue weighted by atomic mass is 9.70. The van der Waals surface area contributed by atoms with Gasteiger partial charge in [-0.2, -0.15) is 0 Å². The van der Waals surface area contributed by atoms with Gasteiger partial charge < -0.3 is 0 Å². The van der Waals surface area contributed by atoms with Crippen molar-refractivity contribution in [3.8, 4) is 50.7 Å². The third kappa shape index (κ3) is 3.50. The lowest BCUT2D eigenvalue weighted by Crippen LogP contribution is -2.25. The monoisotopic (exact) mass is 675 g/mol. The highest BCUT2D eigenvalue weighted by molar-refractivity contribution is 6.05. The van der Waals surface area contributed by atoms with Gasteiger partial charge in [-0.3, -0.25) is 4.57 Å². The lowest BCUT2D eigenvalue weighted by Gasteiger charge is -2.30. The second-order valence-corrected chi connectivity index (χ2v) is 15.3. The number of hydrogen-bond donors (Lipinski definition) is 0. The first kappa shape index (κ1) is 29.0. The van der Waals surface area contributed by atoms with Crippen molar-refractivity contribution in [1.29, 1.82) is 0 Å². The van der Waals surface area contributed by atoms with Crippen LogP contribution in [-0.2, 0) is 10.8 Å². The zero-order valence-corrected chi connectivity index (χ0v) is 29.4. The second-order valence-electron chi connectivity index (χ2n) is 15.3.